The van der Waals surface area contributed by atoms with Crippen LogP contribution < -0.4 is 11.1 Å². The van der Waals surface area contributed by atoms with Gasteiger partial charge in [-0.25, -0.2) is 0 Å². The molecule has 0 bridgehead atoms. The summed E-state index contributed by atoms with van der Waals surface area (Å²) in [6, 6.07) is 10.2. The Kier molecular flexibility index (Phi) is 3.88. The molecule has 2 aromatic heterocycles. The van der Waals surface area contributed by atoms with Gasteiger partial charge in [-0.15, -0.1) is 11.3 Å². The van der Waals surface area contributed by atoms with Crippen LogP contribution in [0.25, 0.3) is 10.9 Å². The number of fused-ring (bicyclic) bond motifs is 1. The number of halogens is 1. The van der Waals surface area contributed by atoms with Crippen LogP contribution >= 0.6 is 22.9 Å². The van der Waals surface area contributed by atoms with Gasteiger partial charge in [0.15, 0.2) is 0 Å². The molecule has 4 nitrogen and oxygen atoms in total. The van der Waals surface area contributed by atoms with E-state index in [1.807, 2.05) is 23.6 Å². The Morgan fingerprint density at radius 3 is 2.90 bits per heavy atom. The predicted molar refractivity (Wildman–Crippen MR) is 86.6 cm³/mol. The number of thiophene rings is 1. The van der Waals surface area contributed by atoms with Crippen molar-refractivity contribution in [2.45, 2.75) is 6.04 Å². The van der Waals surface area contributed by atoms with Crippen LogP contribution in [0.3, 0.4) is 0 Å². The Bertz CT molecular complexity index is 789. The smallest absolute Gasteiger partial charge is 0.246 e. The zero-order valence-corrected chi connectivity index (χ0v) is 12.5. The lowest BCUT2D eigenvalue weighted by Gasteiger charge is -2.13. The maximum atomic E-state index is 12.3. The fourth-order valence-corrected chi connectivity index (χ4v) is 2.99. The van der Waals surface area contributed by atoms with E-state index in [0.717, 1.165) is 10.3 Å². The minimum atomic E-state index is -0.688. The lowest BCUT2D eigenvalue weighted by Crippen LogP contribution is -2.27. The first kappa shape index (κ1) is 14.0. The molecule has 0 fully saturated rings. The van der Waals surface area contributed by atoms with Crippen molar-refractivity contribution in [3.05, 3.63) is 57.9 Å². The Hall–Kier alpha value is -1.95. The monoisotopic (exact) mass is 317 g/mol. The van der Waals surface area contributed by atoms with Gasteiger partial charge < -0.3 is 11.1 Å². The Morgan fingerprint density at radius 1 is 1.29 bits per heavy atom. The molecule has 6 heteroatoms. The average molecular weight is 318 g/mol. The molecule has 3 aromatic rings. The molecule has 1 aromatic carbocycles. The number of hydrogen-bond donors (Lipinski definition) is 2. The minimum absolute atomic E-state index is 0.259. The highest BCUT2D eigenvalue weighted by atomic mass is 35.5. The Morgan fingerprint density at radius 2 is 2.14 bits per heavy atom. The van der Waals surface area contributed by atoms with Crippen LogP contribution in [0, 0.1) is 0 Å². The molecule has 0 radical (unpaired) electrons. The standard InChI is InChI=1S/C15H12ClN3OS/c16-10-5-6-11(9-3-1-7-18-14(9)10)19-15(20)13(17)12-4-2-8-21-12/h1-8,13H,17H2,(H,19,20). The summed E-state index contributed by atoms with van der Waals surface area (Å²) in [5.41, 5.74) is 7.27. The van der Waals surface area contributed by atoms with Gasteiger partial charge in [-0.3, -0.25) is 9.78 Å². The zero-order valence-electron chi connectivity index (χ0n) is 10.9. The molecule has 0 aliphatic carbocycles. The second-order valence-corrected chi connectivity index (χ2v) is 5.86. The third kappa shape index (κ3) is 2.76. The van der Waals surface area contributed by atoms with Crippen molar-refractivity contribution in [3.8, 4) is 0 Å². The number of carbonyl (C=O) groups is 1. The van der Waals surface area contributed by atoms with Gasteiger partial charge in [-0.2, -0.15) is 0 Å². The molecule has 106 valence electrons. The quantitative estimate of drug-likeness (QED) is 0.775. The van der Waals surface area contributed by atoms with Crippen molar-refractivity contribution in [2.75, 3.05) is 5.32 Å². The number of benzene rings is 1. The molecule has 0 spiro atoms. The first-order chi connectivity index (χ1) is 10.2. The maximum absolute atomic E-state index is 12.3. The summed E-state index contributed by atoms with van der Waals surface area (Å²) in [5, 5.41) is 6.07. The highest BCUT2D eigenvalue weighted by Gasteiger charge is 2.18. The SMILES string of the molecule is NC(C(=O)Nc1ccc(Cl)c2ncccc12)c1cccs1. The number of carbonyl (C=O) groups excluding carboxylic acids is 1. The number of nitrogens with two attached hydrogens (primary N) is 1. The zero-order chi connectivity index (χ0) is 14.8. The van der Waals surface area contributed by atoms with Crippen molar-refractivity contribution in [2.24, 2.45) is 5.73 Å². The van der Waals surface area contributed by atoms with Crippen LogP contribution in [0.2, 0.25) is 5.02 Å². The molecule has 2 heterocycles. The van der Waals surface area contributed by atoms with Gasteiger partial charge in [0.1, 0.15) is 6.04 Å². The molecule has 21 heavy (non-hydrogen) atoms. The fourth-order valence-electron chi connectivity index (χ4n) is 2.06. The van der Waals surface area contributed by atoms with E-state index in [1.54, 1.807) is 24.4 Å². The molecular formula is C15H12ClN3OS. The summed E-state index contributed by atoms with van der Waals surface area (Å²) in [4.78, 5) is 17.3. The first-order valence-corrected chi connectivity index (χ1v) is 7.55. The maximum Gasteiger partial charge on any atom is 0.246 e. The van der Waals surface area contributed by atoms with Gasteiger partial charge in [0, 0.05) is 16.5 Å². The van der Waals surface area contributed by atoms with E-state index in [1.165, 1.54) is 11.3 Å². The number of nitrogens with one attached hydrogen (secondary N) is 1. The third-order valence-electron chi connectivity index (χ3n) is 3.11. The Balaban J connectivity index is 1.92. The van der Waals surface area contributed by atoms with E-state index in [-0.39, 0.29) is 5.91 Å². The highest BCUT2D eigenvalue weighted by Crippen LogP contribution is 2.28. The number of aromatic nitrogens is 1. The number of amides is 1. The normalized spacial score (nSPS) is 12.3. The van der Waals surface area contributed by atoms with Gasteiger partial charge >= 0.3 is 0 Å². The van der Waals surface area contributed by atoms with Gasteiger partial charge in [0.25, 0.3) is 0 Å². The molecule has 1 atom stereocenters. The summed E-state index contributed by atoms with van der Waals surface area (Å²) in [6.07, 6.45) is 1.66. The molecule has 0 saturated heterocycles. The van der Waals surface area contributed by atoms with Crippen molar-refractivity contribution < 1.29 is 4.79 Å². The van der Waals surface area contributed by atoms with Crippen molar-refractivity contribution in [1.82, 2.24) is 4.98 Å². The second-order valence-electron chi connectivity index (χ2n) is 4.48. The largest absolute Gasteiger partial charge is 0.324 e. The van der Waals surface area contributed by atoms with Gasteiger partial charge in [-0.1, -0.05) is 17.7 Å². The van der Waals surface area contributed by atoms with E-state index >= 15 is 0 Å². The molecular weight excluding hydrogens is 306 g/mol. The predicted octanol–water partition coefficient (Wildman–Crippen LogP) is 3.59. The summed E-state index contributed by atoms with van der Waals surface area (Å²) >= 11 is 7.57. The van der Waals surface area contributed by atoms with Crippen LogP contribution in [0.5, 0.6) is 0 Å². The second kappa shape index (κ2) is 5.81. The van der Waals surface area contributed by atoms with E-state index < -0.39 is 6.04 Å². The fraction of sp³-hybridized carbons (Fsp3) is 0.0667. The Labute approximate surface area is 130 Å². The van der Waals surface area contributed by atoms with Crippen molar-refractivity contribution in [1.29, 1.82) is 0 Å². The average Bonchev–Trinajstić information content (AvgIpc) is 3.04. The van der Waals surface area contributed by atoms with Crippen LogP contribution in [-0.4, -0.2) is 10.9 Å². The summed E-state index contributed by atoms with van der Waals surface area (Å²) in [6.45, 7) is 0. The van der Waals surface area contributed by atoms with Gasteiger partial charge in [0.05, 0.1) is 16.2 Å². The van der Waals surface area contributed by atoms with Crippen LogP contribution in [0.1, 0.15) is 10.9 Å². The number of nitrogens with zero attached hydrogens (tertiary/aromatic N) is 1. The van der Waals surface area contributed by atoms with Crippen LogP contribution in [-0.2, 0) is 4.79 Å². The van der Waals surface area contributed by atoms with Crippen molar-refractivity contribution >= 4 is 45.4 Å². The summed E-state index contributed by atoms with van der Waals surface area (Å²) in [7, 11) is 0. The van der Waals surface area contributed by atoms with Crippen molar-refractivity contribution in [3.63, 3.8) is 0 Å². The number of hydrogen-bond acceptors (Lipinski definition) is 4. The minimum Gasteiger partial charge on any atom is -0.324 e. The molecule has 3 rings (SSSR count). The van der Waals surface area contributed by atoms with Crippen LogP contribution in [0.4, 0.5) is 5.69 Å². The van der Waals surface area contributed by atoms with E-state index in [0.29, 0.717) is 16.2 Å². The molecule has 0 saturated carbocycles. The molecule has 0 aliphatic rings. The van der Waals surface area contributed by atoms with Gasteiger partial charge in [-0.05, 0) is 35.7 Å². The van der Waals surface area contributed by atoms with E-state index in [2.05, 4.69) is 10.3 Å². The number of pyridine rings is 1. The molecule has 1 amide bonds. The third-order valence-corrected chi connectivity index (χ3v) is 4.37. The molecule has 3 N–H and O–H groups in total. The lowest BCUT2D eigenvalue weighted by atomic mass is 10.1. The lowest BCUT2D eigenvalue weighted by molar-refractivity contribution is -0.117. The van der Waals surface area contributed by atoms with E-state index in [9.17, 15) is 4.79 Å². The topological polar surface area (TPSA) is 68.0 Å². The summed E-state index contributed by atoms with van der Waals surface area (Å²) < 4.78 is 0. The molecule has 1 unspecified atom stereocenters. The van der Waals surface area contributed by atoms with Gasteiger partial charge in [0.2, 0.25) is 5.91 Å². The highest BCUT2D eigenvalue weighted by molar-refractivity contribution is 7.10. The molecule has 0 aliphatic heterocycles. The van der Waals surface area contributed by atoms with E-state index in [4.69, 9.17) is 17.3 Å². The summed E-state index contributed by atoms with van der Waals surface area (Å²) in [5.74, 6) is -0.259. The number of rotatable bonds is 3. The van der Waals surface area contributed by atoms with Crippen LogP contribution in [0.15, 0.2) is 48.0 Å². The first-order valence-electron chi connectivity index (χ1n) is 6.30. The number of anilines is 1.